The summed E-state index contributed by atoms with van der Waals surface area (Å²) in [5.74, 6) is 0. The quantitative estimate of drug-likeness (QED) is 0.928. The molecule has 0 fully saturated rings. The SMILES string of the molecule is CNC(Cc1cn(C)nn1)c1ccoc1Br. The highest BCUT2D eigenvalue weighted by Crippen LogP contribution is 2.26. The molecule has 0 aliphatic rings. The Hall–Kier alpha value is -1.14. The second kappa shape index (κ2) is 4.80. The van der Waals surface area contributed by atoms with Crippen molar-refractivity contribution < 1.29 is 4.42 Å². The molecule has 5 nitrogen and oxygen atoms in total. The summed E-state index contributed by atoms with van der Waals surface area (Å²) in [6.07, 6.45) is 4.36. The maximum Gasteiger partial charge on any atom is 0.173 e. The summed E-state index contributed by atoms with van der Waals surface area (Å²) in [6.45, 7) is 0. The number of likely N-dealkylation sites (N-methyl/N-ethyl adjacent to an activating group) is 1. The first-order valence-electron chi connectivity index (χ1n) is 4.96. The predicted molar refractivity (Wildman–Crippen MR) is 62.9 cm³/mol. The lowest BCUT2D eigenvalue weighted by Crippen LogP contribution is -2.18. The molecule has 0 amide bonds. The van der Waals surface area contributed by atoms with Gasteiger partial charge in [-0.15, -0.1) is 5.10 Å². The Morgan fingerprint density at radius 3 is 2.94 bits per heavy atom. The van der Waals surface area contributed by atoms with Gasteiger partial charge in [-0.2, -0.15) is 0 Å². The third-order valence-corrected chi connectivity index (χ3v) is 3.08. The number of nitrogens with one attached hydrogen (secondary N) is 1. The van der Waals surface area contributed by atoms with Crippen LogP contribution in [0.15, 0.2) is 27.6 Å². The molecule has 2 heterocycles. The van der Waals surface area contributed by atoms with Crippen LogP contribution in [0.25, 0.3) is 0 Å². The van der Waals surface area contributed by atoms with Gasteiger partial charge < -0.3 is 9.73 Å². The molecule has 1 N–H and O–H groups in total. The number of rotatable bonds is 4. The van der Waals surface area contributed by atoms with Crippen molar-refractivity contribution in [1.29, 1.82) is 0 Å². The van der Waals surface area contributed by atoms with E-state index in [2.05, 4.69) is 31.6 Å². The highest BCUT2D eigenvalue weighted by molar-refractivity contribution is 9.10. The normalized spacial score (nSPS) is 12.9. The van der Waals surface area contributed by atoms with Crippen LogP contribution >= 0.6 is 15.9 Å². The van der Waals surface area contributed by atoms with Crippen molar-refractivity contribution in [3.8, 4) is 0 Å². The zero-order chi connectivity index (χ0) is 11.5. The van der Waals surface area contributed by atoms with Gasteiger partial charge in [0.25, 0.3) is 0 Å². The van der Waals surface area contributed by atoms with Crippen molar-refractivity contribution in [2.24, 2.45) is 7.05 Å². The van der Waals surface area contributed by atoms with Gasteiger partial charge in [-0.3, -0.25) is 4.68 Å². The molecule has 0 radical (unpaired) electrons. The highest BCUT2D eigenvalue weighted by atomic mass is 79.9. The summed E-state index contributed by atoms with van der Waals surface area (Å²) in [5, 5.41) is 11.2. The largest absolute Gasteiger partial charge is 0.457 e. The average Bonchev–Trinajstić information content (AvgIpc) is 2.84. The Kier molecular flexibility index (Phi) is 3.40. The molecular formula is C10H13BrN4O. The highest BCUT2D eigenvalue weighted by Gasteiger charge is 2.16. The molecule has 1 unspecified atom stereocenters. The minimum Gasteiger partial charge on any atom is -0.457 e. The molecule has 2 aromatic rings. The summed E-state index contributed by atoms with van der Waals surface area (Å²) < 4.78 is 7.69. The van der Waals surface area contributed by atoms with Crippen molar-refractivity contribution in [2.45, 2.75) is 12.5 Å². The summed E-state index contributed by atoms with van der Waals surface area (Å²) in [7, 11) is 3.78. The van der Waals surface area contributed by atoms with E-state index in [1.807, 2.05) is 26.4 Å². The average molecular weight is 285 g/mol. The van der Waals surface area contributed by atoms with E-state index in [-0.39, 0.29) is 6.04 Å². The third-order valence-electron chi connectivity index (χ3n) is 2.43. The van der Waals surface area contributed by atoms with Crippen LogP contribution < -0.4 is 5.32 Å². The fourth-order valence-corrected chi connectivity index (χ4v) is 2.14. The first kappa shape index (κ1) is 11.3. The van der Waals surface area contributed by atoms with Crippen molar-refractivity contribution in [3.05, 3.63) is 34.5 Å². The summed E-state index contributed by atoms with van der Waals surface area (Å²) in [5.41, 5.74) is 2.04. The van der Waals surface area contributed by atoms with Crippen molar-refractivity contribution in [1.82, 2.24) is 20.3 Å². The molecule has 0 aliphatic heterocycles. The fraction of sp³-hybridized carbons (Fsp3) is 0.400. The van der Waals surface area contributed by atoms with Crippen LogP contribution in [0.3, 0.4) is 0 Å². The number of hydrogen-bond acceptors (Lipinski definition) is 4. The van der Waals surface area contributed by atoms with Gasteiger partial charge in [0, 0.05) is 31.3 Å². The van der Waals surface area contributed by atoms with Gasteiger partial charge in [0.2, 0.25) is 0 Å². The number of furan rings is 1. The van der Waals surface area contributed by atoms with E-state index in [0.717, 1.165) is 22.3 Å². The van der Waals surface area contributed by atoms with Crippen molar-refractivity contribution >= 4 is 15.9 Å². The minimum atomic E-state index is 0.171. The van der Waals surface area contributed by atoms with Gasteiger partial charge in [-0.25, -0.2) is 0 Å². The summed E-state index contributed by atoms with van der Waals surface area (Å²) in [4.78, 5) is 0. The van der Waals surface area contributed by atoms with Gasteiger partial charge in [0.15, 0.2) is 4.67 Å². The Balaban J connectivity index is 2.15. The Morgan fingerprint density at radius 1 is 1.62 bits per heavy atom. The summed E-state index contributed by atoms with van der Waals surface area (Å²) >= 11 is 3.38. The number of aryl methyl sites for hydroxylation is 1. The Bertz CT molecular complexity index is 465. The van der Waals surface area contributed by atoms with Gasteiger partial charge in [-0.05, 0) is 29.0 Å². The maximum atomic E-state index is 5.23. The molecule has 0 aromatic carbocycles. The van der Waals surface area contributed by atoms with Crippen molar-refractivity contribution in [2.75, 3.05) is 7.05 Å². The van der Waals surface area contributed by atoms with E-state index in [1.54, 1.807) is 10.9 Å². The first-order valence-corrected chi connectivity index (χ1v) is 5.75. The number of nitrogens with zero attached hydrogens (tertiary/aromatic N) is 3. The van der Waals surface area contributed by atoms with Gasteiger partial charge in [0.1, 0.15) is 0 Å². The molecule has 2 rings (SSSR count). The topological polar surface area (TPSA) is 55.9 Å². The molecule has 86 valence electrons. The molecular weight excluding hydrogens is 272 g/mol. The van der Waals surface area contributed by atoms with E-state index < -0.39 is 0 Å². The molecule has 0 saturated carbocycles. The van der Waals surface area contributed by atoms with Crippen LogP contribution in [0.2, 0.25) is 0 Å². The maximum absolute atomic E-state index is 5.23. The lowest BCUT2D eigenvalue weighted by atomic mass is 10.1. The van der Waals surface area contributed by atoms with Gasteiger partial charge in [-0.1, -0.05) is 5.21 Å². The predicted octanol–water partition coefficient (Wildman–Crippen LogP) is 1.67. The zero-order valence-electron chi connectivity index (χ0n) is 9.14. The van der Waals surface area contributed by atoms with Crippen LogP contribution in [0.4, 0.5) is 0 Å². The first-order chi connectivity index (χ1) is 7.70. The van der Waals surface area contributed by atoms with Crippen LogP contribution in [-0.4, -0.2) is 22.0 Å². The van der Waals surface area contributed by atoms with E-state index in [0.29, 0.717) is 0 Å². The number of hydrogen-bond donors (Lipinski definition) is 1. The van der Waals surface area contributed by atoms with E-state index in [4.69, 9.17) is 4.42 Å². The second-order valence-corrected chi connectivity index (χ2v) is 4.30. The van der Waals surface area contributed by atoms with Crippen molar-refractivity contribution in [3.63, 3.8) is 0 Å². The van der Waals surface area contributed by atoms with Crippen LogP contribution in [0.1, 0.15) is 17.3 Å². The fourth-order valence-electron chi connectivity index (χ4n) is 1.62. The zero-order valence-corrected chi connectivity index (χ0v) is 10.7. The smallest absolute Gasteiger partial charge is 0.173 e. The Labute approximate surface area is 102 Å². The van der Waals surface area contributed by atoms with Gasteiger partial charge in [0.05, 0.1) is 12.0 Å². The number of aromatic nitrogens is 3. The van der Waals surface area contributed by atoms with Crippen LogP contribution in [0.5, 0.6) is 0 Å². The monoisotopic (exact) mass is 284 g/mol. The minimum absolute atomic E-state index is 0.171. The third kappa shape index (κ3) is 2.33. The van der Waals surface area contributed by atoms with E-state index in [9.17, 15) is 0 Å². The Morgan fingerprint density at radius 2 is 2.44 bits per heavy atom. The number of halogens is 1. The van der Waals surface area contributed by atoms with Crippen LogP contribution in [0, 0.1) is 0 Å². The molecule has 0 bridgehead atoms. The van der Waals surface area contributed by atoms with Gasteiger partial charge >= 0.3 is 0 Å². The molecule has 2 aromatic heterocycles. The second-order valence-electron chi connectivity index (χ2n) is 3.58. The molecule has 0 aliphatic carbocycles. The molecule has 0 saturated heterocycles. The van der Waals surface area contributed by atoms with Crippen LogP contribution in [-0.2, 0) is 13.5 Å². The lowest BCUT2D eigenvalue weighted by molar-refractivity contribution is 0.516. The molecule has 6 heteroatoms. The lowest BCUT2D eigenvalue weighted by Gasteiger charge is -2.12. The molecule has 16 heavy (non-hydrogen) atoms. The summed E-state index contributed by atoms with van der Waals surface area (Å²) in [6, 6.07) is 2.12. The van der Waals surface area contributed by atoms with E-state index >= 15 is 0 Å². The van der Waals surface area contributed by atoms with E-state index in [1.165, 1.54) is 0 Å². The molecule has 0 spiro atoms. The standard InChI is InChI=1S/C10H13BrN4O/c1-12-9(8-3-4-16-10(8)11)5-7-6-15(2)14-13-7/h3-4,6,9,12H,5H2,1-2H3. The molecule has 1 atom stereocenters.